The van der Waals surface area contributed by atoms with Gasteiger partial charge in [0, 0.05) is 29.1 Å². The van der Waals surface area contributed by atoms with Gasteiger partial charge in [-0.3, -0.25) is 9.59 Å². The second kappa shape index (κ2) is 7.80. The molecule has 26 heavy (non-hydrogen) atoms. The number of pyridine rings is 1. The van der Waals surface area contributed by atoms with Crippen molar-refractivity contribution in [3.63, 3.8) is 0 Å². The highest BCUT2D eigenvalue weighted by molar-refractivity contribution is 7.11. The van der Waals surface area contributed by atoms with Gasteiger partial charge in [-0.15, -0.1) is 11.3 Å². The molecule has 6 nitrogen and oxygen atoms in total. The van der Waals surface area contributed by atoms with Crippen LogP contribution in [-0.4, -0.2) is 22.6 Å². The molecule has 3 aromatic rings. The van der Waals surface area contributed by atoms with Crippen LogP contribution in [0.25, 0.3) is 10.9 Å². The van der Waals surface area contributed by atoms with Crippen LogP contribution in [0.1, 0.15) is 21.3 Å². The third kappa shape index (κ3) is 3.84. The number of thiazole rings is 1. The van der Waals surface area contributed by atoms with Gasteiger partial charge in [0.05, 0.1) is 24.4 Å². The first-order valence-electron chi connectivity index (χ1n) is 8.29. The molecule has 0 unspecified atom stereocenters. The first-order chi connectivity index (χ1) is 12.5. The summed E-state index contributed by atoms with van der Waals surface area (Å²) in [6.45, 7) is 4.84. The molecular weight excluding hydrogens is 350 g/mol. The number of aryl methyl sites for hydroxylation is 2. The van der Waals surface area contributed by atoms with Crippen molar-refractivity contribution in [2.24, 2.45) is 0 Å². The lowest BCUT2D eigenvalue weighted by Crippen LogP contribution is -2.28. The monoisotopic (exact) mass is 371 g/mol. The number of methoxy groups -OCH3 is 1. The fourth-order valence-electron chi connectivity index (χ4n) is 2.88. The number of para-hydroxylation sites is 1. The molecule has 0 saturated carbocycles. The predicted molar refractivity (Wildman–Crippen MR) is 102 cm³/mol. The minimum absolute atomic E-state index is 0.0271. The molecule has 136 valence electrons. The Balaban J connectivity index is 1.75. The van der Waals surface area contributed by atoms with E-state index in [1.165, 1.54) is 0 Å². The Hall–Kier alpha value is -2.51. The van der Waals surface area contributed by atoms with Crippen LogP contribution in [0.5, 0.6) is 0 Å². The van der Waals surface area contributed by atoms with E-state index < -0.39 is 0 Å². The zero-order valence-electron chi connectivity index (χ0n) is 15.0. The van der Waals surface area contributed by atoms with Gasteiger partial charge in [-0.1, -0.05) is 12.1 Å². The molecule has 1 aromatic carbocycles. The van der Waals surface area contributed by atoms with Crippen molar-refractivity contribution in [2.45, 2.75) is 33.5 Å². The van der Waals surface area contributed by atoms with Gasteiger partial charge in [-0.2, -0.15) is 0 Å². The van der Waals surface area contributed by atoms with E-state index in [0.717, 1.165) is 26.8 Å². The van der Waals surface area contributed by atoms with Crippen LogP contribution < -0.4 is 10.7 Å². The summed E-state index contributed by atoms with van der Waals surface area (Å²) >= 11 is 1.54. The van der Waals surface area contributed by atoms with Crippen molar-refractivity contribution in [3.8, 4) is 0 Å². The van der Waals surface area contributed by atoms with Crippen molar-refractivity contribution in [1.29, 1.82) is 0 Å². The van der Waals surface area contributed by atoms with E-state index in [4.69, 9.17) is 4.74 Å². The minimum Gasteiger partial charge on any atom is -0.378 e. The molecule has 0 bridgehead atoms. The highest BCUT2D eigenvalue weighted by Gasteiger charge is 2.12. The second-order valence-corrected chi connectivity index (χ2v) is 7.25. The molecule has 0 spiro atoms. The number of benzene rings is 1. The number of hydrogen-bond donors (Lipinski definition) is 1. The van der Waals surface area contributed by atoms with Crippen molar-refractivity contribution in [1.82, 2.24) is 14.9 Å². The standard InChI is InChI=1S/C19H21N3O3S/c1-12-8-16(23)14-6-4-5-7-15(14)22(12)10-18(24)20-9-17-13(2)21-19(26-17)11-25-3/h4-8H,9-11H2,1-3H3,(H,20,24). The fourth-order valence-corrected chi connectivity index (χ4v) is 3.86. The lowest BCUT2D eigenvalue weighted by Gasteiger charge is -2.14. The average Bonchev–Trinajstić information content (AvgIpc) is 2.96. The molecule has 0 atom stereocenters. The van der Waals surface area contributed by atoms with Crippen molar-refractivity contribution in [2.75, 3.05) is 7.11 Å². The van der Waals surface area contributed by atoms with E-state index in [9.17, 15) is 9.59 Å². The maximum Gasteiger partial charge on any atom is 0.240 e. The van der Waals surface area contributed by atoms with Crippen LogP contribution in [-0.2, 0) is 29.2 Å². The number of amides is 1. The van der Waals surface area contributed by atoms with Gasteiger partial charge in [0.25, 0.3) is 0 Å². The molecule has 2 heterocycles. The van der Waals surface area contributed by atoms with Crippen molar-refractivity contribution in [3.05, 3.63) is 61.8 Å². The topological polar surface area (TPSA) is 73.2 Å². The zero-order chi connectivity index (χ0) is 18.7. The summed E-state index contributed by atoms with van der Waals surface area (Å²) in [5.41, 5.74) is 2.41. The Bertz CT molecular complexity index is 1010. The maximum absolute atomic E-state index is 12.5. The summed E-state index contributed by atoms with van der Waals surface area (Å²) < 4.78 is 6.96. The highest BCUT2D eigenvalue weighted by atomic mass is 32.1. The molecule has 1 N–H and O–H groups in total. The lowest BCUT2D eigenvalue weighted by molar-refractivity contribution is -0.121. The van der Waals surface area contributed by atoms with E-state index >= 15 is 0 Å². The Morgan fingerprint density at radius 2 is 2.08 bits per heavy atom. The van der Waals surface area contributed by atoms with Gasteiger partial charge in [0.1, 0.15) is 11.6 Å². The number of nitrogens with zero attached hydrogens (tertiary/aromatic N) is 2. The summed E-state index contributed by atoms with van der Waals surface area (Å²) in [4.78, 5) is 30.0. The Morgan fingerprint density at radius 3 is 2.85 bits per heavy atom. The third-order valence-corrected chi connectivity index (χ3v) is 5.31. The van der Waals surface area contributed by atoms with Crippen LogP contribution in [0.3, 0.4) is 0 Å². The number of rotatable bonds is 6. The number of aromatic nitrogens is 2. The number of carbonyl (C=O) groups excluding carboxylic acids is 1. The summed E-state index contributed by atoms with van der Waals surface area (Å²) in [6.07, 6.45) is 0. The van der Waals surface area contributed by atoms with Gasteiger partial charge >= 0.3 is 0 Å². The van der Waals surface area contributed by atoms with E-state index in [1.54, 1.807) is 30.6 Å². The van der Waals surface area contributed by atoms with E-state index in [2.05, 4.69) is 10.3 Å². The SMILES string of the molecule is COCc1nc(C)c(CNC(=O)Cn2c(C)cc(=O)c3ccccc32)s1. The van der Waals surface area contributed by atoms with E-state index in [1.807, 2.05) is 36.6 Å². The van der Waals surface area contributed by atoms with Crippen LogP contribution in [0.15, 0.2) is 35.1 Å². The van der Waals surface area contributed by atoms with Crippen LogP contribution in [0.2, 0.25) is 0 Å². The van der Waals surface area contributed by atoms with Crippen molar-refractivity contribution < 1.29 is 9.53 Å². The Kier molecular flexibility index (Phi) is 5.49. The summed E-state index contributed by atoms with van der Waals surface area (Å²) in [5, 5.41) is 4.46. The fraction of sp³-hybridized carbons (Fsp3) is 0.316. The number of ether oxygens (including phenoxy) is 1. The summed E-state index contributed by atoms with van der Waals surface area (Å²) in [6, 6.07) is 8.91. The van der Waals surface area contributed by atoms with E-state index in [-0.39, 0.29) is 17.9 Å². The van der Waals surface area contributed by atoms with Crippen molar-refractivity contribution >= 4 is 28.1 Å². The molecule has 3 rings (SSSR count). The van der Waals surface area contributed by atoms with Crippen LogP contribution in [0.4, 0.5) is 0 Å². The van der Waals surface area contributed by atoms with E-state index in [0.29, 0.717) is 18.5 Å². The Morgan fingerprint density at radius 1 is 1.31 bits per heavy atom. The predicted octanol–water partition coefficient (Wildman–Crippen LogP) is 2.54. The van der Waals surface area contributed by atoms with Crippen LogP contribution >= 0.6 is 11.3 Å². The molecule has 7 heteroatoms. The quantitative estimate of drug-likeness (QED) is 0.723. The first-order valence-corrected chi connectivity index (χ1v) is 9.11. The molecule has 0 aliphatic rings. The molecule has 0 aliphatic heterocycles. The van der Waals surface area contributed by atoms with Gasteiger partial charge in [-0.25, -0.2) is 4.98 Å². The Labute approximate surface area is 155 Å². The second-order valence-electron chi connectivity index (χ2n) is 6.08. The highest BCUT2D eigenvalue weighted by Crippen LogP contribution is 2.18. The molecule has 0 fully saturated rings. The smallest absolute Gasteiger partial charge is 0.240 e. The van der Waals surface area contributed by atoms with Gasteiger partial charge in [0.2, 0.25) is 5.91 Å². The summed E-state index contributed by atoms with van der Waals surface area (Å²) in [5.74, 6) is -0.108. The average molecular weight is 371 g/mol. The molecule has 0 radical (unpaired) electrons. The largest absolute Gasteiger partial charge is 0.378 e. The van der Waals surface area contributed by atoms with Gasteiger partial charge in [0.15, 0.2) is 5.43 Å². The lowest BCUT2D eigenvalue weighted by atomic mass is 10.2. The van der Waals surface area contributed by atoms with Gasteiger partial charge < -0.3 is 14.6 Å². The van der Waals surface area contributed by atoms with Gasteiger partial charge in [-0.05, 0) is 26.0 Å². The molecule has 0 aliphatic carbocycles. The number of hydrogen-bond acceptors (Lipinski definition) is 5. The normalized spacial score (nSPS) is 11.0. The maximum atomic E-state index is 12.5. The minimum atomic E-state index is -0.108. The molecule has 1 amide bonds. The number of nitrogens with one attached hydrogen (secondary N) is 1. The number of fused-ring (bicyclic) bond motifs is 1. The molecule has 2 aromatic heterocycles. The third-order valence-electron chi connectivity index (χ3n) is 4.18. The summed E-state index contributed by atoms with van der Waals surface area (Å²) in [7, 11) is 1.63. The molecular formula is C19H21N3O3S. The zero-order valence-corrected chi connectivity index (χ0v) is 15.9. The number of carbonyl (C=O) groups is 1. The first kappa shape index (κ1) is 18.3. The molecule has 0 saturated heterocycles. The van der Waals surface area contributed by atoms with Crippen LogP contribution in [0, 0.1) is 13.8 Å².